The van der Waals surface area contributed by atoms with Crippen LogP contribution in [0.2, 0.25) is 0 Å². The van der Waals surface area contributed by atoms with Crippen molar-refractivity contribution >= 4 is 39.0 Å². The third-order valence-electron chi connectivity index (χ3n) is 8.70. The number of pyridine rings is 1. The minimum Gasteiger partial charge on any atom is -0.493 e. The fourth-order valence-electron chi connectivity index (χ4n) is 6.96. The Hall–Kier alpha value is -4.28. The molecule has 7 rings (SSSR count). The summed E-state index contributed by atoms with van der Waals surface area (Å²) in [6.45, 7) is 2.29. The predicted molar refractivity (Wildman–Crippen MR) is 141 cm³/mol. The SMILES string of the molecule is CC12CCC(CCOc3cccc4cnccc34)(O1)C1C(=O)N(c3ccc4ccccc4c3C#N)C(=O)C12. The van der Waals surface area contributed by atoms with Gasteiger partial charge in [-0.3, -0.25) is 14.6 Å². The summed E-state index contributed by atoms with van der Waals surface area (Å²) in [6, 6.07) is 21.1. The van der Waals surface area contributed by atoms with Gasteiger partial charge in [0.1, 0.15) is 11.8 Å². The summed E-state index contributed by atoms with van der Waals surface area (Å²) in [4.78, 5) is 33.3. The molecule has 0 N–H and O–H groups in total. The van der Waals surface area contributed by atoms with E-state index in [1.54, 1.807) is 18.5 Å². The Morgan fingerprint density at radius 3 is 2.68 bits per heavy atom. The molecule has 4 unspecified atom stereocenters. The van der Waals surface area contributed by atoms with E-state index >= 15 is 0 Å². The molecule has 3 aliphatic rings. The second-order valence-corrected chi connectivity index (χ2v) is 10.7. The molecule has 2 bridgehead atoms. The van der Waals surface area contributed by atoms with Crippen LogP contribution in [0.1, 0.15) is 31.7 Å². The predicted octanol–water partition coefficient (Wildman–Crippen LogP) is 5.16. The monoisotopic (exact) mass is 503 g/mol. The van der Waals surface area contributed by atoms with Crippen molar-refractivity contribution in [2.24, 2.45) is 11.8 Å². The molecule has 0 saturated carbocycles. The van der Waals surface area contributed by atoms with Crippen molar-refractivity contribution in [1.29, 1.82) is 5.26 Å². The summed E-state index contributed by atoms with van der Waals surface area (Å²) < 4.78 is 12.8. The number of carbonyl (C=O) groups is 2. The minimum absolute atomic E-state index is 0.279. The number of amides is 2. The van der Waals surface area contributed by atoms with Gasteiger partial charge in [0.25, 0.3) is 0 Å². The van der Waals surface area contributed by atoms with Crippen LogP contribution in [0.3, 0.4) is 0 Å². The van der Waals surface area contributed by atoms with E-state index in [9.17, 15) is 14.9 Å². The lowest BCUT2D eigenvalue weighted by Crippen LogP contribution is -2.43. The lowest BCUT2D eigenvalue weighted by Gasteiger charge is -2.31. The van der Waals surface area contributed by atoms with E-state index in [-0.39, 0.29) is 11.8 Å². The molecule has 188 valence electrons. The number of aromatic nitrogens is 1. The Morgan fingerprint density at radius 2 is 1.82 bits per heavy atom. The molecule has 3 saturated heterocycles. The number of anilines is 1. The van der Waals surface area contributed by atoms with Gasteiger partial charge in [0.15, 0.2) is 0 Å². The van der Waals surface area contributed by atoms with Gasteiger partial charge in [0.2, 0.25) is 11.8 Å². The number of hydrogen-bond acceptors (Lipinski definition) is 6. The second kappa shape index (κ2) is 8.11. The van der Waals surface area contributed by atoms with Gasteiger partial charge in [-0.1, -0.05) is 42.5 Å². The number of carbonyl (C=O) groups excluding carboxylic acids is 2. The van der Waals surface area contributed by atoms with Gasteiger partial charge in [-0.2, -0.15) is 5.26 Å². The molecule has 3 fully saturated rings. The topological polar surface area (TPSA) is 92.5 Å². The van der Waals surface area contributed by atoms with Gasteiger partial charge < -0.3 is 9.47 Å². The maximum atomic E-state index is 14.0. The molecule has 0 spiro atoms. The minimum atomic E-state index is -0.781. The number of hydrogen-bond donors (Lipinski definition) is 0. The van der Waals surface area contributed by atoms with Crippen LogP contribution in [0, 0.1) is 23.2 Å². The Kier molecular flexibility index (Phi) is 4.88. The van der Waals surface area contributed by atoms with Crippen LogP contribution < -0.4 is 9.64 Å². The third-order valence-corrected chi connectivity index (χ3v) is 8.70. The van der Waals surface area contributed by atoms with Crippen LogP contribution in [0.4, 0.5) is 5.69 Å². The molecule has 0 radical (unpaired) electrons. The number of fused-ring (bicyclic) bond motifs is 7. The standard InChI is InChI=1S/C31H25N3O4/c1-30-12-13-31(38-30,14-16-37-25-8-4-6-20-18-33-15-11-22(20)25)27-26(30)28(35)34(29(27)36)24-10-9-19-5-2-3-7-21(19)23(24)17-32/h2-11,15,18,26-27H,12-14,16H2,1H3. The Morgan fingerprint density at radius 1 is 1.00 bits per heavy atom. The molecule has 38 heavy (non-hydrogen) atoms. The van der Waals surface area contributed by atoms with Crippen LogP contribution in [0.5, 0.6) is 5.75 Å². The number of imide groups is 1. The van der Waals surface area contributed by atoms with E-state index in [1.165, 1.54) is 4.90 Å². The Labute approximate surface area is 219 Å². The van der Waals surface area contributed by atoms with Gasteiger partial charge in [-0.25, -0.2) is 4.90 Å². The second-order valence-electron chi connectivity index (χ2n) is 10.7. The number of ether oxygens (including phenoxy) is 2. The summed E-state index contributed by atoms with van der Waals surface area (Å²) in [6.07, 6.45) is 5.40. The zero-order valence-corrected chi connectivity index (χ0v) is 20.9. The number of rotatable bonds is 5. The fourth-order valence-corrected chi connectivity index (χ4v) is 6.96. The molecule has 7 nitrogen and oxygen atoms in total. The molecular weight excluding hydrogens is 478 g/mol. The first-order valence-corrected chi connectivity index (χ1v) is 12.9. The van der Waals surface area contributed by atoms with Crippen LogP contribution in [-0.2, 0) is 14.3 Å². The zero-order chi connectivity index (χ0) is 26.1. The highest BCUT2D eigenvalue weighted by molar-refractivity contribution is 6.24. The largest absolute Gasteiger partial charge is 0.493 e. The molecule has 0 aliphatic carbocycles. The molecule has 4 aromatic rings. The van der Waals surface area contributed by atoms with E-state index < -0.39 is 23.0 Å². The summed E-state index contributed by atoms with van der Waals surface area (Å²) >= 11 is 0. The van der Waals surface area contributed by atoms with Crippen LogP contribution in [0.25, 0.3) is 21.5 Å². The van der Waals surface area contributed by atoms with Gasteiger partial charge in [-0.05, 0) is 43.4 Å². The summed E-state index contributed by atoms with van der Waals surface area (Å²) in [5.41, 5.74) is -0.808. The van der Waals surface area contributed by atoms with Gasteiger partial charge in [0, 0.05) is 35.0 Å². The highest BCUT2D eigenvalue weighted by atomic mass is 16.5. The first-order chi connectivity index (χ1) is 18.5. The highest BCUT2D eigenvalue weighted by Crippen LogP contribution is 2.62. The molecule has 1 aromatic heterocycles. The van der Waals surface area contributed by atoms with Crippen LogP contribution in [0.15, 0.2) is 73.1 Å². The van der Waals surface area contributed by atoms with Crippen molar-refractivity contribution in [3.05, 3.63) is 78.6 Å². The normalized spacial score (nSPS) is 27.7. The third kappa shape index (κ3) is 3.07. The lowest BCUT2D eigenvalue weighted by atomic mass is 9.67. The van der Waals surface area contributed by atoms with Crippen molar-refractivity contribution in [2.45, 2.75) is 37.4 Å². The van der Waals surface area contributed by atoms with E-state index in [0.717, 1.165) is 27.3 Å². The maximum absolute atomic E-state index is 14.0. The van der Waals surface area contributed by atoms with Crippen molar-refractivity contribution in [2.75, 3.05) is 11.5 Å². The highest BCUT2D eigenvalue weighted by Gasteiger charge is 2.74. The average molecular weight is 504 g/mol. The van der Waals surface area contributed by atoms with Gasteiger partial charge >= 0.3 is 0 Å². The number of nitriles is 1. The molecule has 4 heterocycles. The Balaban J connectivity index is 1.21. The lowest BCUT2D eigenvalue weighted by molar-refractivity contribution is -0.131. The first-order valence-electron chi connectivity index (χ1n) is 12.9. The molecule has 7 heteroatoms. The Bertz CT molecular complexity index is 1690. The van der Waals surface area contributed by atoms with Gasteiger partial charge in [0.05, 0.1) is 40.9 Å². The summed E-state index contributed by atoms with van der Waals surface area (Å²) in [7, 11) is 0. The van der Waals surface area contributed by atoms with Crippen molar-refractivity contribution in [1.82, 2.24) is 4.98 Å². The van der Waals surface area contributed by atoms with E-state index in [4.69, 9.17) is 9.47 Å². The molecule has 3 aromatic carbocycles. The van der Waals surface area contributed by atoms with E-state index in [1.807, 2.05) is 61.5 Å². The number of nitrogens with zero attached hydrogens (tertiary/aromatic N) is 3. The maximum Gasteiger partial charge on any atom is 0.240 e. The smallest absolute Gasteiger partial charge is 0.240 e. The van der Waals surface area contributed by atoms with Crippen LogP contribution >= 0.6 is 0 Å². The number of benzene rings is 3. The van der Waals surface area contributed by atoms with E-state index in [2.05, 4.69) is 11.1 Å². The zero-order valence-electron chi connectivity index (χ0n) is 20.9. The van der Waals surface area contributed by atoms with Crippen molar-refractivity contribution in [3.8, 4) is 11.8 Å². The summed E-state index contributed by atoms with van der Waals surface area (Å²) in [5, 5.41) is 13.6. The molecular formula is C31H25N3O4. The quantitative estimate of drug-likeness (QED) is 0.350. The summed E-state index contributed by atoms with van der Waals surface area (Å²) in [5.74, 6) is -0.996. The molecule has 2 amide bonds. The van der Waals surface area contributed by atoms with E-state index in [0.29, 0.717) is 37.1 Å². The molecule has 4 atom stereocenters. The van der Waals surface area contributed by atoms with Crippen molar-refractivity contribution in [3.63, 3.8) is 0 Å². The van der Waals surface area contributed by atoms with Crippen molar-refractivity contribution < 1.29 is 19.1 Å². The van der Waals surface area contributed by atoms with Gasteiger partial charge in [-0.15, -0.1) is 0 Å². The molecule has 3 aliphatic heterocycles. The fraction of sp³-hybridized carbons (Fsp3) is 0.290. The van der Waals surface area contributed by atoms with Crippen LogP contribution in [-0.4, -0.2) is 34.6 Å². The average Bonchev–Trinajstić information content (AvgIpc) is 3.52. The first kappa shape index (κ1) is 22.9.